The largest absolute Gasteiger partial charge is 0.295 e. The molecule has 1 heteroatoms. The van der Waals surface area contributed by atoms with Crippen LogP contribution in [0.2, 0.25) is 0 Å². The van der Waals surface area contributed by atoms with Crippen LogP contribution in [0, 0.1) is 0 Å². The van der Waals surface area contributed by atoms with E-state index in [0.29, 0.717) is 0 Å². The summed E-state index contributed by atoms with van der Waals surface area (Å²) < 4.78 is 0. The summed E-state index contributed by atoms with van der Waals surface area (Å²) in [7, 11) is 0. The van der Waals surface area contributed by atoms with E-state index >= 15 is 0 Å². The number of carbonyl (C=O) groups is 1. The molecule has 0 unspecified atom stereocenters. The molecule has 0 aliphatic rings. The Kier molecular flexibility index (Phi) is 3.42. The molecular weight excluding hydrogens is 220 g/mol. The van der Waals surface area contributed by atoms with Crippen LogP contribution < -0.4 is 0 Å². The number of ketones is 1. The summed E-state index contributed by atoms with van der Waals surface area (Å²) in [5, 5.41) is 0. The average molecular weight is 236 g/mol. The monoisotopic (exact) mass is 236 g/mol. The van der Waals surface area contributed by atoms with Crippen LogP contribution in [-0.2, 0) is 0 Å². The van der Waals surface area contributed by atoms with Gasteiger partial charge in [-0.05, 0) is 30.5 Å². The van der Waals surface area contributed by atoms with Gasteiger partial charge in [-0.15, -0.1) is 0 Å². The van der Waals surface area contributed by atoms with Gasteiger partial charge in [0.05, 0.1) is 0 Å². The third-order valence-corrected chi connectivity index (χ3v) is 3.00. The van der Waals surface area contributed by atoms with E-state index in [4.69, 9.17) is 0 Å². The fourth-order valence-corrected chi connectivity index (χ4v) is 1.84. The van der Waals surface area contributed by atoms with Gasteiger partial charge in [-0.3, -0.25) is 4.79 Å². The van der Waals surface area contributed by atoms with Crippen molar-refractivity contribution in [2.45, 2.75) is 13.8 Å². The zero-order chi connectivity index (χ0) is 13.1. The van der Waals surface area contributed by atoms with E-state index in [9.17, 15) is 4.79 Å². The predicted octanol–water partition coefficient (Wildman–Crippen LogP) is 4.59. The first kappa shape index (κ1) is 12.3. The van der Waals surface area contributed by atoms with E-state index in [0.717, 1.165) is 27.8 Å². The average Bonchev–Trinajstić information content (AvgIpc) is 2.39. The van der Waals surface area contributed by atoms with Crippen LogP contribution in [-0.4, -0.2) is 5.78 Å². The summed E-state index contributed by atoms with van der Waals surface area (Å²) >= 11 is 0. The molecule has 0 aliphatic carbocycles. The van der Waals surface area contributed by atoms with Crippen molar-refractivity contribution in [2.75, 3.05) is 0 Å². The third-order valence-electron chi connectivity index (χ3n) is 3.00. The Labute approximate surface area is 108 Å². The zero-order valence-corrected chi connectivity index (χ0v) is 10.7. The van der Waals surface area contributed by atoms with Gasteiger partial charge in [-0.25, -0.2) is 0 Å². The molecule has 0 aliphatic heterocycles. The van der Waals surface area contributed by atoms with Crippen LogP contribution in [0.4, 0.5) is 0 Å². The number of hydrogen-bond donors (Lipinski definition) is 0. The van der Waals surface area contributed by atoms with Crippen molar-refractivity contribution < 1.29 is 4.79 Å². The summed E-state index contributed by atoms with van der Waals surface area (Å²) in [4.78, 5) is 11.2. The molecule has 0 atom stereocenters. The van der Waals surface area contributed by atoms with Crippen molar-refractivity contribution in [1.29, 1.82) is 0 Å². The molecule has 0 fully saturated rings. The summed E-state index contributed by atoms with van der Waals surface area (Å²) in [6.45, 7) is 7.50. The molecule has 0 bridgehead atoms. The van der Waals surface area contributed by atoms with Gasteiger partial charge in [-0.1, -0.05) is 60.7 Å². The second-order valence-corrected chi connectivity index (χ2v) is 4.49. The van der Waals surface area contributed by atoms with E-state index in [2.05, 4.69) is 30.8 Å². The van der Waals surface area contributed by atoms with Crippen LogP contribution in [0.1, 0.15) is 29.8 Å². The van der Waals surface area contributed by atoms with Gasteiger partial charge < -0.3 is 0 Å². The molecule has 0 saturated carbocycles. The van der Waals surface area contributed by atoms with Gasteiger partial charge in [0.25, 0.3) is 0 Å². The van der Waals surface area contributed by atoms with E-state index in [1.54, 1.807) is 6.92 Å². The number of hydrogen-bond acceptors (Lipinski definition) is 1. The maximum absolute atomic E-state index is 11.2. The van der Waals surface area contributed by atoms with Crippen molar-refractivity contribution in [3.05, 3.63) is 66.2 Å². The highest BCUT2D eigenvalue weighted by Gasteiger charge is 2.01. The summed E-state index contributed by atoms with van der Waals surface area (Å²) in [5.74, 6) is 0.0965. The van der Waals surface area contributed by atoms with E-state index < -0.39 is 0 Å². The number of Topliss-reactive ketones (excluding diaryl/α,β-unsaturated/α-hetero) is 1. The molecule has 0 amide bonds. The maximum Gasteiger partial charge on any atom is 0.159 e. The number of rotatable bonds is 3. The first-order chi connectivity index (χ1) is 8.58. The number of benzene rings is 2. The SMILES string of the molecule is C=C(C)c1ccc(-c2ccc(C(C)=O)cc2)cc1. The third kappa shape index (κ3) is 2.57. The fourth-order valence-electron chi connectivity index (χ4n) is 1.84. The molecular formula is C17H16O. The lowest BCUT2D eigenvalue weighted by atomic mass is 10.00. The standard InChI is InChI=1S/C17H16O/c1-12(2)14-4-8-16(9-5-14)17-10-6-15(7-11-17)13(3)18/h4-11H,1H2,2-3H3. The van der Waals surface area contributed by atoms with E-state index in [1.165, 1.54) is 0 Å². The van der Waals surface area contributed by atoms with Crippen LogP contribution in [0.3, 0.4) is 0 Å². The molecule has 0 radical (unpaired) electrons. The Morgan fingerprint density at radius 1 is 0.778 bits per heavy atom. The second-order valence-electron chi connectivity index (χ2n) is 4.49. The number of allylic oxidation sites excluding steroid dienone is 1. The van der Waals surface area contributed by atoms with Gasteiger partial charge in [0.2, 0.25) is 0 Å². The molecule has 2 aromatic rings. The summed E-state index contributed by atoms with van der Waals surface area (Å²) in [5.41, 5.74) is 5.23. The lowest BCUT2D eigenvalue weighted by Crippen LogP contribution is -1.90. The Balaban J connectivity index is 2.31. The molecule has 1 nitrogen and oxygen atoms in total. The topological polar surface area (TPSA) is 17.1 Å². The van der Waals surface area contributed by atoms with Crippen molar-refractivity contribution in [2.24, 2.45) is 0 Å². The van der Waals surface area contributed by atoms with Crippen molar-refractivity contribution in [3.8, 4) is 11.1 Å². The van der Waals surface area contributed by atoms with Crippen LogP contribution in [0.15, 0.2) is 55.1 Å². The molecule has 0 heterocycles. The van der Waals surface area contributed by atoms with Crippen LogP contribution >= 0.6 is 0 Å². The first-order valence-electron chi connectivity index (χ1n) is 5.95. The lowest BCUT2D eigenvalue weighted by molar-refractivity contribution is 0.101. The molecule has 2 aromatic carbocycles. The predicted molar refractivity (Wildman–Crippen MR) is 76.6 cm³/mol. The van der Waals surface area contributed by atoms with Crippen molar-refractivity contribution in [3.63, 3.8) is 0 Å². The minimum absolute atomic E-state index is 0.0965. The van der Waals surface area contributed by atoms with Crippen molar-refractivity contribution >= 4 is 11.4 Å². The second kappa shape index (κ2) is 5.01. The summed E-state index contributed by atoms with van der Waals surface area (Å²) in [6.07, 6.45) is 0. The normalized spacial score (nSPS) is 10.1. The smallest absolute Gasteiger partial charge is 0.159 e. The fraction of sp³-hybridized carbons (Fsp3) is 0.118. The molecule has 18 heavy (non-hydrogen) atoms. The molecule has 90 valence electrons. The molecule has 0 N–H and O–H groups in total. The highest BCUT2D eigenvalue weighted by molar-refractivity contribution is 5.94. The Hall–Kier alpha value is -2.15. The lowest BCUT2D eigenvalue weighted by Gasteiger charge is -2.05. The van der Waals surface area contributed by atoms with Gasteiger partial charge in [0, 0.05) is 5.56 Å². The Morgan fingerprint density at radius 3 is 1.50 bits per heavy atom. The van der Waals surface area contributed by atoms with Gasteiger partial charge in [-0.2, -0.15) is 0 Å². The Morgan fingerprint density at radius 2 is 1.17 bits per heavy atom. The Bertz CT molecular complexity index is 519. The summed E-state index contributed by atoms with van der Waals surface area (Å²) in [6, 6.07) is 16.0. The quantitative estimate of drug-likeness (QED) is 0.712. The minimum Gasteiger partial charge on any atom is -0.295 e. The number of carbonyl (C=O) groups excluding carboxylic acids is 1. The first-order valence-corrected chi connectivity index (χ1v) is 5.95. The van der Waals surface area contributed by atoms with Crippen molar-refractivity contribution in [1.82, 2.24) is 0 Å². The zero-order valence-electron chi connectivity index (χ0n) is 10.7. The van der Waals surface area contributed by atoms with Gasteiger partial charge in [0.1, 0.15) is 0 Å². The van der Waals surface area contributed by atoms with Gasteiger partial charge >= 0.3 is 0 Å². The molecule has 2 rings (SSSR count). The van der Waals surface area contributed by atoms with E-state index in [-0.39, 0.29) is 5.78 Å². The van der Waals surface area contributed by atoms with Gasteiger partial charge in [0.15, 0.2) is 5.78 Å². The molecule has 0 aromatic heterocycles. The van der Waals surface area contributed by atoms with Crippen LogP contribution in [0.5, 0.6) is 0 Å². The molecule has 0 spiro atoms. The van der Waals surface area contributed by atoms with Crippen LogP contribution in [0.25, 0.3) is 16.7 Å². The highest BCUT2D eigenvalue weighted by atomic mass is 16.1. The maximum atomic E-state index is 11.2. The molecule has 0 saturated heterocycles. The van der Waals surface area contributed by atoms with E-state index in [1.807, 2.05) is 31.2 Å². The highest BCUT2D eigenvalue weighted by Crippen LogP contribution is 2.22. The minimum atomic E-state index is 0.0965.